The molecule has 0 bridgehead atoms. The second-order valence-corrected chi connectivity index (χ2v) is 5.63. The Labute approximate surface area is 131 Å². The van der Waals surface area contributed by atoms with Crippen LogP contribution in [0.3, 0.4) is 0 Å². The quantitative estimate of drug-likeness (QED) is 0.832. The minimum absolute atomic E-state index is 0.000852. The van der Waals surface area contributed by atoms with Crippen LogP contribution in [0.15, 0.2) is 24.3 Å². The smallest absolute Gasteiger partial charge is 0.225 e. The molecule has 0 spiro atoms. The first-order chi connectivity index (χ1) is 10.6. The Morgan fingerprint density at radius 2 is 2.27 bits per heavy atom. The van der Waals surface area contributed by atoms with Gasteiger partial charge in [0.2, 0.25) is 11.8 Å². The predicted octanol–water partition coefficient (Wildman–Crippen LogP) is 1.61. The summed E-state index contributed by atoms with van der Waals surface area (Å²) in [4.78, 5) is 25.8. The minimum Gasteiger partial charge on any atom is -0.497 e. The lowest BCUT2D eigenvalue weighted by atomic mass is 10.1. The average Bonchev–Trinajstić information content (AvgIpc) is 2.92. The number of hydrogen-bond acceptors (Lipinski definition) is 3. The van der Waals surface area contributed by atoms with E-state index >= 15 is 0 Å². The fourth-order valence-electron chi connectivity index (χ4n) is 2.65. The molecule has 1 fully saturated rings. The van der Waals surface area contributed by atoms with E-state index in [1.165, 1.54) is 0 Å². The van der Waals surface area contributed by atoms with Crippen LogP contribution in [-0.2, 0) is 16.0 Å². The van der Waals surface area contributed by atoms with Gasteiger partial charge in [0.05, 0.1) is 13.0 Å². The number of amides is 2. The maximum absolute atomic E-state index is 12.0. The molecule has 1 saturated heterocycles. The van der Waals surface area contributed by atoms with Crippen LogP contribution in [0, 0.1) is 5.92 Å². The van der Waals surface area contributed by atoms with Crippen molar-refractivity contribution in [2.24, 2.45) is 5.92 Å². The SMILES string of the molecule is CCCNC(=O)C1CC(=O)N(CCc2cccc(OC)c2)C1. The highest BCUT2D eigenvalue weighted by atomic mass is 16.5. The molecule has 5 heteroatoms. The first-order valence-electron chi connectivity index (χ1n) is 7.82. The van der Waals surface area contributed by atoms with Gasteiger partial charge in [-0.15, -0.1) is 0 Å². The third-order valence-electron chi connectivity index (χ3n) is 3.94. The van der Waals surface area contributed by atoms with Crippen molar-refractivity contribution in [1.29, 1.82) is 0 Å². The molecule has 5 nitrogen and oxygen atoms in total. The van der Waals surface area contributed by atoms with Crippen molar-refractivity contribution in [2.45, 2.75) is 26.2 Å². The molecular weight excluding hydrogens is 280 g/mol. The number of hydrogen-bond donors (Lipinski definition) is 1. The highest BCUT2D eigenvalue weighted by molar-refractivity contribution is 5.89. The van der Waals surface area contributed by atoms with E-state index in [1.54, 1.807) is 12.0 Å². The summed E-state index contributed by atoms with van der Waals surface area (Å²) in [5.74, 6) is 0.685. The fourth-order valence-corrected chi connectivity index (χ4v) is 2.65. The van der Waals surface area contributed by atoms with E-state index in [0.29, 0.717) is 26.1 Å². The van der Waals surface area contributed by atoms with Crippen molar-refractivity contribution < 1.29 is 14.3 Å². The number of benzene rings is 1. The molecule has 0 aliphatic carbocycles. The lowest BCUT2D eigenvalue weighted by Crippen LogP contribution is -2.33. The van der Waals surface area contributed by atoms with Crippen LogP contribution in [-0.4, -0.2) is 43.5 Å². The molecule has 2 amide bonds. The number of likely N-dealkylation sites (tertiary alicyclic amines) is 1. The third kappa shape index (κ3) is 4.23. The lowest BCUT2D eigenvalue weighted by molar-refractivity contribution is -0.129. The van der Waals surface area contributed by atoms with Gasteiger partial charge in [-0.05, 0) is 30.5 Å². The molecule has 1 N–H and O–H groups in total. The first kappa shape index (κ1) is 16.3. The first-order valence-corrected chi connectivity index (χ1v) is 7.82. The topological polar surface area (TPSA) is 58.6 Å². The zero-order chi connectivity index (χ0) is 15.9. The summed E-state index contributed by atoms with van der Waals surface area (Å²) in [6.45, 7) is 3.86. The van der Waals surface area contributed by atoms with Crippen molar-refractivity contribution in [2.75, 3.05) is 26.7 Å². The maximum atomic E-state index is 12.0. The molecule has 120 valence electrons. The van der Waals surface area contributed by atoms with E-state index < -0.39 is 0 Å². The average molecular weight is 304 g/mol. The van der Waals surface area contributed by atoms with Gasteiger partial charge in [0.1, 0.15) is 5.75 Å². The van der Waals surface area contributed by atoms with E-state index in [9.17, 15) is 9.59 Å². The zero-order valence-corrected chi connectivity index (χ0v) is 13.3. The van der Waals surface area contributed by atoms with Gasteiger partial charge in [0.25, 0.3) is 0 Å². The molecule has 22 heavy (non-hydrogen) atoms. The van der Waals surface area contributed by atoms with Crippen LogP contribution in [0.25, 0.3) is 0 Å². The standard InChI is InChI=1S/C17H24N2O3/c1-3-8-18-17(21)14-11-16(20)19(12-14)9-7-13-5-4-6-15(10-13)22-2/h4-6,10,14H,3,7-9,11-12H2,1-2H3,(H,18,21). The number of nitrogens with one attached hydrogen (secondary N) is 1. The second kappa shape index (κ2) is 7.82. The molecular formula is C17H24N2O3. The van der Waals surface area contributed by atoms with Crippen LogP contribution in [0.2, 0.25) is 0 Å². The molecule has 1 aromatic rings. The number of nitrogens with zero attached hydrogens (tertiary/aromatic N) is 1. The Kier molecular flexibility index (Phi) is 5.81. The maximum Gasteiger partial charge on any atom is 0.225 e. The van der Waals surface area contributed by atoms with Crippen molar-refractivity contribution >= 4 is 11.8 Å². The Morgan fingerprint density at radius 1 is 1.45 bits per heavy atom. The van der Waals surface area contributed by atoms with Crippen molar-refractivity contribution in [3.05, 3.63) is 29.8 Å². The van der Waals surface area contributed by atoms with E-state index in [0.717, 1.165) is 24.2 Å². The Morgan fingerprint density at radius 3 is 3.00 bits per heavy atom. The van der Waals surface area contributed by atoms with Gasteiger partial charge in [-0.3, -0.25) is 9.59 Å². The van der Waals surface area contributed by atoms with Gasteiger partial charge in [-0.1, -0.05) is 19.1 Å². The van der Waals surface area contributed by atoms with Crippen molar-refractivity contribution in [3.8, 4) is 5.75 Å². The Balaban J connectivity index is 1.85. The van der Waals surface area contributed by atoms with Gasteiger partial charge >= 0.3 is 0 Å². The molecule has 2 rings (SSSR count). The summed E-state index contributed by atoms with van der Waals surface area (Å²) in [6, 6.07) is 7.85. The van der Waals surface area contributed by atoms with Crippen LogP contribution in [0.4, 0.5) is 0 Å². The summed E-state index contributed by atoms with van der Waals surface area (Å²) < 4.78 is 5.20. The second-order valence-electron chi connectivity index (χ2n) is 5.63. The van der Waals surface area contributed by atoms with E-state index in [-0.39, 0.29) is 17.7 Å². The van der Waals surface area contributed by atoms with E-state index in [1.807, 2.05) is 31.2 Å². The van der Waals surface area contributed by atoms with Gasteiger partial charge < -0.3 is 15.0 Å². The van der Waals surface area contributed by atoms with Gasteiger partial charge in [-0.2, -0.15) is 0 Å². The van der Waals surface area contributed by atoms with E-state index in [2.05, 4.69) is 5.32 Å². The highest BCUT2D eigenvalue weighted by Gasteiger charge is 2.33. The fraction of sp³-hybridized carbons (Fsp3) is 0.529. The lowest BCUT2D eigenvalue weighted by Gasteiger charge is -2.16. The molecule has 1 aromatic carbocycles. The molecule has 0 saturated carbocycles. The van der Waals surface area contributed by atoms with Gasteiger partial charge in [0, 0.05) is 26.1 Å². The van der Waals surface area contributed by atoms with Crippen LogP contribution in [0.1, 0.15) is 25.3 Å². The summed E-state index contributed by atoms with van der Waals surface area (Å²) >= 11 is 0. The zero-order valence-electron chi connectivity index (χ0n) is 13.3. The Hall–Kier alpha value is -2.04. The van der Waals surface area contributed by atoms with Gasteiger partial charge in [-0.25, -0.2) is 0 Å². The number of carbonyl (C=O) groups is 2. The summed E-state index contributed by atoms with van der Waals surface area (Å²) in [5, 5.41) is 2.87. The molecule has 1 heterocycles. The summed E-state index contributed by atoms with van der Waals surface area (Å²) in [5.41, 5.74) is 1.13. The molecule has 0 aromatic heterocycles. The number of ether oxygens (including phenoxy) is 1. The van der Waals surface area contributed by atoms with Crippen LogP contribution >= 0.6 is 0 Å². The minimum atomic E-state index is -0.204. The molecule has 1 aliphatic rings. The van der Waals surface area contributed by atoms with Gasteiger partial charge in [0.15, 0.2) is 0 Å². The molecule has 1 atom stereocenters. The number of rotatable bonds is 7. The summed E-state index contributed by atoms with van der Waals surface area (Å²) in [7, 11) is 1.64. The summed E-state index contributed by atoms with van der Waals surface area (Å²) in [6.07, 6.45) is 2.01. The van der Waals surface area contributed by atoms with E-state index in [4.69, 9.17) is 4.74 Å². The largest absolute Gasteiger partial charge is 0.497 e. The van der Waals surface area contributed by atoms with Crippen molar-refractivity contribution in [1.82, 2.24) is 10.2 Å². The molecule has 1 unspecified atom stereocenters. The molecule has 1 aliphatic heterocycles. The Bertz CT molecular complexity index is 530. The van der Waals surface area contributed by atoms with Crippen LogP contribution in [0.5, 0.6) is 5.75 Å². The monoisotopic (exact) mass is 304 g/mol. The highest BCUT2D eigenvalue weighted by Crippen LogP contribution is 2.19. The third-order valence-corrected chi connectivity index (χ3v) is 3.94. The van der Waals surface area contributed by atoms with Crippen LogP contribution < -0.4 is 10.1 Å². The predicted molar refractivity (Wildman–Crippen MR) is 84.7 cm³/mol. The number of methoxy groups -OCH3 is 1. The van der Waals surface area contributed by atoms with Crippen molar-refractivity contribution in [3.63, 3.8) is 0 Å². The molecule has 0 radical (unpaired) electrons. The normalized spacial score (nSPS) is 17.6. The number of carbonyl (C=O) groups excluding carboxylic acids is 2.